The van der Waals surface area contributed by atoms with Crippen molar-refractivity contribution in [2.45, 2.75) is 64.7 Å². The number of carbonyl (C=O) groups excluding carboxylic acids is 2. The van der Waals surface area contributed by atoms with Crippen LogP contribution in [-0.2, 0) is 34.1 Å². The van der Waals surface area contributed by atoms with E-state index >= 15 is 0 Å². The molecular formula is C29H36N2O3. The molecule has 4 aliphatic rings. The molecule has 4 bridgehead atoms. The minimum absolute atomic E-state index is 0.0363. The molecule has 0 radical (unpaired) electrons. The van der Waals surface area contributed by atoms with Gasteiger partial charge < -0.3 is 15.4 Å². The molecule has 2 aromatic carbocycles. The third-order valence-corrected chi connectivity index (χ3v) is 8.12. The second-order valence-corrected chi connectivity index (χ2v) is 10.7. The molecule has 5 heteroatoms. The predicted molar refractivity (Wildman–Crippen MR) is 131 cm³/mol. The average Bonchev–Trinajstić information content (AvgIpc) is 2.83. The van der Waals surface area contributed by atoms with Gasteiger partial charge in [0.05, 0.1) is 13.2 Å². The molecular weight excluding hydrogens is 424 g/mol. The summed E-state index contributed by atoms with van der Waals surface area (Å²) >= 11 is 0. The SMILES string of the molecule is O=C(CCNC(=O)C12CC3CC(CC(C3)C1)C2)NCc1ccccc1COCc1ccccc1. The van der Waals surface area contributed by atoms with Crippen LogP contribution < -0.4 is 10.6 Å². The largest absolute Gasteiger partial charge is 0.372 e. The Labute approximate surface area is 202 Å². The zero-order chi connectivity index (χ0) is 23.4. The first kappa shape index (κ1) is 23.1. The molecule has 180 valence electrons. The number of benzene rings is 2. The van der Waals surface area contributed by atoms with Crippen molar-refractivity contribution in [3.8, 4) is 0 Å². The van der Waals surface area contributed by atoms with Gasteiger partial charge >= 0.3 is 0 Å². The van der Waals surface area contributed by atoms with Crippen molar-refractivity contribution in [1.29, 1.82) is 0 Å². The van der Waals surface area contributed by atoms with Gasteiger partial charge in [0.15, 0.2) is 0 Å². The first-order chi connectivity index (χ1) is 16.6. The van der Waals surface area contributed by atoms with Gasteiger partial charge in [-0.3, -0.25) is 9.59 Å². The maximum atomic E-state index is 13.0. The van der Waals surface area contributed by atoms with Crippen LogP contribution in [0.25, 0.3) is 0 Å². The smallest absolute Gasteiger partial charge is 0.226 e. The topological polar surface area (TPSA) is 67.4 Å². The van der Waals surface area contributed by atoms with Gasteiger partial charge in [0.2, 0.25) is 11.8 Å². The Morgan fingerprint density at radius 1 is 0.794 bits per heavy atom. The number of ether oxygens (including phenoxy) is 1. The second kappa shape index (κ2) is 10.3. The van der Waals surface area contributed by atoms with Crippen molar-refractivity contribution in [2.75, 3.05) is 6.54 Å². The first-order valence-electron chi connectivity index (χ1n) is 12.8. The molecule has 6 rings (SSSR count). The van der Waals surface area contributed by atoms with E-state index in [2.05, 4.69) is 10.6 Å². The molecule has 2 amide bonds. The zero-order valence-corrected chi connectivity index (χ0v) is 19.9. The third-order valence-electron chi connectivity index (χ3n) is 8.12. The minimum Gasteiger partial charge on any atom is -0.372 e. The van der Waals surface area contributed by atoms with Gasteiger partial charge in [-0.2, -0.15) is 0 Å². The zero-order valence-electron chi connectivity index (χ0n) is 19.9. The molecule has 2 aromatic rings. The summed E-state index contributed by atoms with van der Waals surface area (Å²) in [5.74, 6) is 2.40. The number of nitrogens with one attached hydrogen (secondary N) is 2. The lowest BCUT2D eigenvalue weighted by atomic mass is 9.49. The van der Waals surface area contributed by atoms with Crippen molar-refractivity contribution in [3.05, 3.63) is 71.3 Å². The van der Waals surface area contributed by atoms with Gasteiger partial charge in [-0.05, 0) is 73.0 Å². The van der Waals surface area contributed by atoms with E-state index in [4.69, 9.17) is 4.74 Å². The van der Waals surface area contributed by atoms with E-state index in [-0.39, 0.29) is 17.2 Å². The van der Waals surface area contributed by atoms with Crippen LogP contribution in [0, 0.1) is 23.2 Å². The quantitative estimate of drug-likeness (QED) is 0.538. The lowest BCUT2D eigenvalue weighted by Gasteiger charge is -2.55. The number of carbonyl (C=O) groups is 2. The van der Waals surface area contributed by atoms with Crippen molar-refractivity contribution < 1.29 is 14.3 Å². The van der Waals surface area contributed by atoms with Crippen LogP contribution in [0.4, 0.5) is 0 Å². The van der Waals surface area contributed by atoms with Gasteiger partial charge in [0, 0.05) is 24.9 Å². The van der Waals surface area contributed by atoms with Crippen LogP contribution in [0.1, 0.15) is 61.6 Å². The Morgan fingerprint density at radius 2 is 1.41 bits per heavy atom. The molecule has 0 unspecified atom stereocenters. The van der Waals surface area contributed by atoms with Crippen LogP contribution in [0.5, 0.6) is 0 Å². The van der Waals surface area contributed by atoms with Gasteiger partial charge in [-0.25, -0.2) is 0 Å². The fourth-order valence-corrected chi connectivity index (χ4v) is 6.87. The highest BCUT2D eigenvalue weighted by Gasteiger charge is 2.54. The van der Waals surface area contributed by atoms with Gasteiger partial charge in [0.25, 0.3) is 0 Å². The van der Waals surface area contributed by atoms with Crippen LogP contribution >= 0.6 is 0 Å². The Balaban J connectivity index is 1.05. The highest BCUT2D eigenvalue weighted by molar-refractivity contribution is 5.84. The summed E-state index contributed by atoms with van der Waals surface area (Å²) in [4.78, 5) is 25.5. The summed E-state index contributed by atoms with van der Waals surface area (Å²) in [5.41, 5.74) is 3.13. The summed E-state index contributed by atoms with van der Waals surface area (Å²) in [6, 6.07) is 18.1. The Hall–Kier alpha value is -2.66. The molecule has 0 atom stereocenters. The number of rotatable bonds is 10. The maximum absolute atomic E-state index is 13.0. The summed E-state index contributed by atoms with van der Waals surface area (Å²) in [6.45, 7) is 1.94. The van der Waals surface area contributed by atoms with E-state index in [9.17, 15) is 9.59 Å². The van der Waals surface area contributed by atoms with Gasteiger partial charge in [-0.15, -0.1) is 0 Å². The second-order valence-electron chi connectivity index (χ2n) is 10.7. The van der Waals surface area contributed by atoms with Crippen LogP contribution in [0.2, 0.25) is 0 Å². The minimum atomic E-state index is -0.149. The standard InChI is InChI=1S/C29H36N2O3/c32-27(10-11-30-28(33)29-15-22-12-23(16-29)14-24(13-22)17-29)31-18-25-8-4-5-9-26(25)20-34-19-21-6-2-1-3-7-21/h1-9,22-24H,10-20H2,(H,30,33)(H,31,32). The molecule has 0 aliphatic heterocycles. The van der Waals surface area contributed by atoms with E-state index in [0.717, 1.165) is 53.7 Å². The Morgan fingerprint density at radius 3 is 2.09 bits per heavy atom. The molecule has 0 spiro atoms. The van der Waals surface area contributed by atoms with E-state index in [0.29, 0.717) is 32.7 Å². The summed E-state index contributed by atoms with van der Waals surface area (Å²) in [5, 5.41) is 6.11. The Bertz CT molecular complexity index is 968. The monoisotopic (exact) mass is 460 g/mol. The van der Waals surface area contributed by atoms with Crippen molar-refractivity contribution in [1.82, 2.24) is 10.6 Å². The summed E-state index contributed by atoms with van der Waals surface area (Å²) in [6.07, 6.45) is 7.46. The molecule has 0 aromatic heterocycles. The lowest BCUT2D eigenvalue weighted by molar-refractivity contribution is -0.146. The fourth-order valence-electron chi connectivity index (χ4n) is 6.87. The van der Waals surface area contributed by atoms with Gasteiger partial charge in [0.1, 0.15) is 0 Å². The molecule has 4 aliphatic carbocycles. The number of hydrogen-bond donors (Lipinski definition) is 2. The average molecular weight is 461 g/mol. The highest BCUT2D eigenvalue weighted by Crippen LogP contribution is 2.60. The lowest BCUT2D eigenvalue weighted by Crippen LogP contribution is -2.53. The molecule has 5 nitrogen and oxygen atoms in total. The van der Waals surface area contributed by atoms with E-state index in [1.165, 1.54) is 19.3 Å². The molecule has 4 fully saturated rings. The third kappa shape index (κ3) is 5.35. The van der Waals surface area contributed by atoms with Crippen molar-refractivity contribution in [3.63, 3.8) is 0 Å². The number of amides is 2. The first-order valence-corrected chi connectivity index (χ1v) is 12.8. The summed E-state index contributed by atoms with van der Waals surface area (Å²) in [7, 11) is 0. The van der Waals surface area contributed by atoms with Gasteiger partial charge in [-0.1, -0.05) is 54.6 Å². The molecule has 4 saturated carbocycles. The molecule has 34 heavy (non-hydrogen) atoms. The fraction of sp³-hybridized carbons (Fsp3) is 0.517. The Kier molecular flexibility index (Phi) is 7.00. The molecule has 0 saturated heterocycles. The van der Waals surface area contributed by atoms with Crippen molar-refractivity contribution >= 4 is 11.8 Å². The predicted octanol–water partition coefficient (Wildman–Crippen LogP) is 4.74. The van der Waals surface area contributed by atoms with E-state index in [1.54, 1.807) is 0 Å². The summed E-state index contributed by atoms with van der Waals surface area (Å²) < 4.78 is 5.88. The highest BCUT2D eigenvalue weighted by atomic mass is 16.5. The molecule has 2 N–H and O–H groups in total. The molecule has 0 heterocycles. The maximum Gasteiger partial charge on any atom is 0.226 e. The van der Waals surface area contributed by atoms with Crippen LogP contribution in [0.3, 0.4) is 0 Å². The van der Waals surface area contributed by atoms with Crippen LogP contribution in [0.15, 0.2) is 54.6 Å². The number of hydrogen-bond acceptors (Lipinski definition) is 3. The van der Waals surface area contributed by atoms with Crippen LogP contribution in [-0.4, -0.2) is 18.4 Å². The normalized spacial score (nSPS) is 26.9. The van der Waals surface area contributed by atoms with E-state index in [1.807, 2.05) is 54.6 Å². The van der Waals surface area contributed by atoms with Crippen molar-refractivity contribution in [2.24, 2.45) is 23.2 Å². The van der Waals surface area contributed by atoms with E-state index < -0.39 is 0 Å².